The lowest BCUT2D eigenvalue weighted by molar-refractivity contribution is 0.0483. The highest BCUT2D eigenvalue weighted by Crippen LogP contribution is 2.12. The Balaban J connectivity index is 1.88. The minimum Gasteiger partial charge on any atom is -0.378 e. The van der Waals surface area contributed by atoms with Crippen molar-refractivity contribution in [1.82, 2.24) is 5.32 Å². The molecule has 1 aliphatic heterocycles. The van der Waals surface area contributed by atoms with E-state index in [0.717, 1.165) is 19.1 Å². The standard InChI is InChI=1S/C13H17F2NO/c1-9-7-17-8-13(16-9)3-2-10-4-11(14)6-12(15)5-10/h4-6,9,13,16H,2-3,7-8H2,1H3. The van der Waals surface area contributed by atoms with Crippen LogP contribution in [0.5, 0.6) is 0 Å². The van der Waals surface area contributed by atoms with Crippen LogP contribution in [0.4, 0.5) is 8.78 Å². The smallest absolute Gasteiger partial charge is 0.126 e. The third-order valence-electron chi connectivity index (χ3n) is 2.91. The molecule has 0 saturated carbocycles. The van der Waals surface area contributed by atoms with E-state index < -0.39 is 11.6 Å². The van der Waals surface area contributed by atoms with Crippen molar-refractivity contribution in [1.29, 1.82) is 0 Å². The molecule has 1 aromatic rings. The molecule has 0 aromatic heterocycles. The van der Waals surface area contributed by atoms with E-state index in [1.807, 2.05) is 0 Å². The molecule has 1 heterocycles. The van der Waals surface area contributed by atoms with Gasteiger partial charge in [-0.25, -0.2) is 8.78 Å². The molecule has 1 aliphatic rings. The number of ether oxygens (including phenoxy) is 1. The number of halogens is 2. The first kappa shape index (κ1) is 12.5. The molecule has 2 rings (SSSR count). The lowest BCUT2D eigenvalue weighted by atomic mass is 10.0. The van der Waals surface area contributed by atoms with E-state index >= 15 is 0 Å². The van der Waals surface area contributed by atoms with Crippen LogP contribution in [0.25, 0.3) is 0 Å². The summed E-state index contributed by atoms with van der Waals surface area (Å²) in [5.74, 6) is -1.03. The largest absolute Gasteiger partial charge is 0.378 e. The summed E-state index contributed by atoms with van der Waals surface area (Å²) >= 11 is 0. The first-order chi connectivity index (χ1) is 8.13. The molecular weight excluding hydrogens is 224 g/mol. The van der Waals surface area contributed by atoms with Gasteiger partial charge in [0.2, 0.25) is 0 Å². The van der Waals surface area contributed by atoms with Gasteiger partial charge in [0.15, 0.2) is 0 Å². The maximum atomic E-state index is 13.0. The van der Waals surface area contributed by atoms with E-state index in [9.17, 15) is 8.78 Å². The SMILES string of the molecule is CC1COCC(CCc2cc(F)cc(F)c2)N1. The molecule has 1 aromatic carbocycles. The summed E-state index contributed by atoms with van der Waals surface area (Å²) in [7, 11) is 0. The molecule has 2 unspecified atom stereocenters. The third kappa shape index (κ3) is 3.75. The molecule has 1 fully saturated rings. The Hall–Kier alpha value is -1.00. The van der Waals surface area contributed by atoms with Crippen LogP contribution in [0.1, 0.15) is 18.9 Å². The number of rotatable bonds is 3. The number of aryl methyl sites for hydroxylation is 1. The molecule has 0 bridgehead atoms. The molecular formula is C13H17F2NO. The zero-order chi connectivity index (χ0) is 12.3. The number of hydrogen-bond donors (Lipinski definition) is 1. The van der Waals surface area contributed by atoms with Gasteiger partial charge in [-0.2, -0.15) is 0 Å². The van der Waals surface area contributed by atoms with Crippen LogP contribution in [0, 0.1) is 11.6 Å². The fourth-order valence-electron chi connectivity index (χ4n) is 2.15. The summed E-state index contributed by atoms with van der Waals surface area (Å²) in [6.07, 6.45) is 1.48. The maximum absolute atomic E-state index is 13.0. The van der Waals surface area contributed by atoms with Gasteiger partial charge in [-0.3, -0.25) is 0 Å². The fraction of sp³-hybridized carbons (Fsp3) is 0.538. The Morgan fingerprint density at radius 2 is 1.94 bits per heavy atom. The molecule has 0 amide bonds. The van der Waals surface area contributed by atoms with Gasteiger partial charge in [-0.1, -0.05) is 0 Å². The van der Waals surface area contributed by atoms with Gasteiger partial charge < -0.3 is 10.1 Å². The Morgan fingerprint density at radius 3 is 2.59 bits per heavy atom. The van der Waals surface area contributed by atoms with E-state index in [-0.39, 0.29) is 6.04 Å². The van der Waals surface area contributed by atoms with Gasteiger partial charge in [0.1, 0.15) is 11.6 Å². The van der Waals surface area contributed by atoms with Gasteiger partial charge in [-0.15, -0.1) is 0 Å². The van der Waals surface area contributed by atoms with Crippen molar-refractivity contribution in [2.45, 2.75) is 31.8 Å². The molecule has 1 saturated heterocycles. The quantitative estimate of drug-likeness (QED) is 0.876. The Morgan fingerprint density at radius 1 is 1.24 bits per heavy atom. The van der Waals surface area contributed by atoms with Crippen LogP contribution in [0.3, 0.4) is 0 Å². The molecule has 2 atom stereocenters. The molecule has 4 heteroatoms. The second-order valence-corrected chi connectivity index (χ2v) is 4.62. The average Bonchev–Trinajstić information content (AvgIpc) is 2.25. The van der Waals surface area contributed by atoms with E-state index in [2.05, 4.69) is 12.2 Å². The summed E-state index contributed by atoms with van der Waals surface area (Å²) in [5.41, 5.74) is 0.697. The Kier molecular flexibility index (Phi) is 4.07. The molecule has 0 spiro atoms. The van der Waals surface area contributed by atoms with Gasteiger partial charge in [0.05, 0.1) is 13.2 Å². The lowest BCUT2D eigenvalue weighted by Gasteiger charge is -2.29. The van der Waals surface area contributed by atoms with Crippen molar-refractivity contribution in [3.63, 3.8) is 0 Å². The van der Waals surface area contributed by atoms with E-state index in [0.29, 0.717) is 24.6 Å². The van der Waals surface area contributed by atoms with Crippen molar-refractivity contribution in [3.8, 4) is 0 Å². The second kappa shape index (κ2) is 5.56. The summed E-state index contributed by atoms with van der Waals surface area (Å²) in [4.78, 5) is 0. The summed E-state index contributed by atoms with van der Waals surface area (Å²) in [6, 6.07) is 4.28. The number of nitrogens with one attached hydrogen (secondary N) is 1. The maximum Gasteiger partial charge on any atom is 0.126 e. The van der Waals surface area contributed by atoms with Crippen molar-refractivity contribution < 1.29 is 13.5 Å². The first-order valence-corrected chi connectivity index (χ1v) is 5.92. The van der Waals surface area contributed by atoms with Crippen LogP contribution >= 0.6 is 0 Å². The summed E-state index contributed by atoms with van der Waals surface area (Å²) < 4.78 is 31.4. The molecule has 17 heavy (non-hydrogen) atoms. The van der Waals surface area contributed by atoms with Crippen LogP contribution < -0.4 is 5.32 Å². The van der Waals surface area contributed by atoms with Crippen molar-refractivity contribution in [3.05, 3.63) is 35.4 Å². The van der Waals surface area contributed by atoms with Crippen LogP contribution in [-0.2, 0) is 11.2 Å². The summed E-state index contributed by atoms with van der Waals surface area (Å²) in [6.45, 7) is 3.46. The predicted molar refractivity (Wildman–Crippen MR) is 61.9 cm³/mol. The van der Waals surface area contributed by atoms with Gasteiger partial charge in [0.25, 0.3) is 0 Å². The average molecular weight is 241 g/mol. The van der Waals surface area contributed by atoms with Gasteiger partial charge >= 0.3 is 0 Å². The Labute approximate surface area is 100.0 Å². The van der Waals surface area contributed by atoms with Crippen LogP contribution in [-0.4, -0.2) is 25.3 Å². The molecule has 2 nitrogen and oxygen atoms in total. The van der Waals surface area contributed by atoms with Crippen molar-refractivity contribution in [2.24, 2.45) is 0 Å². The third-order valence-corrected chi connectivity index (χ3v) is 2.91. The fourth-order valence-corrected chi connectivity index (χ4v) is 2.15. The highest BCUT2D eigenvalue weighted by Gasteiger charge is 2.17. The van der Waals surface area contributed by atoms with Crippen molar-refractivity contribution >= 4 is 0 Å². The van der Waals surface area contributed by atoms with Gasteiger partial charge in [-0.05, 0) is 37.5 Å². The second-order valence-electron chi connectivity index (χ2n) is 4.62. The highest BCUT2D eigenvalue weighted by atomic mass is 19.1. The molecule has 94 valence electrons. The van der Waals surface area contributed by atoms with E-state index in [1.54, 1.807) is 0 Å². The monoisotopic (exact) mass is 241 g/mol. The number of hydrogen-bond acceptors (Lipinski definition) is 2. The first-order valence-electron chi connectivity index (χ1n) is 5.92. The summed E-state index contributed by atoms with van der Waals surface area (Å²) in [5, 5.41) is 3.40. The van der Waals surface area contributed by atoms with E-state index in [1.165, 1.54) is 12.1 Å². The van der Waals surface area contributed by atoms with Crippen LogP contribution in [0.15, 0.2) is 18.2 Å². The molecule has 0 radical (unpaired) electrons. The van der Waals surface area contributed by atoms with Crippen LogP contribution in [0.2, 0.25) is 0 Å². The lowest BCUT2D eigenvalue weighted by Crippen LogP contribution is -2.47. The number of benzene rings is 1. The zero-order valence-corrected chi connectivity index (χ0v) is 9.88. The minimum atomic E-state index is -0.513. The highest BCUT2D eigenvalue weighted by molar-refractivity contribution is 5.18. The molecule has 1 N–H and O–H groups in total. The minimum absolute atomic E-state index is 0.269. The van der Waals surface area contributed by atoms with E-state index in [4.69, 9.17) is 4.74 Å². The zero-order valence-electron chi connectivity index (χ0n) is 9.88. The van der Waals surface area contributed by atoms with Gasteiger partial charge in [0, 0.05) is 18.2 Å². The number of morpholine rings is 1. The Bertz CT molecular complexity index is 363. The normalized spacial score (nSPS) is 24.9. The molecule has 0 aliphatic carbocycles. The van der Waals surface area contributed by atoms with Crippen molar-refractivity contribution in [2.75, 3.05) is 13.2 Å². The topological polar surface area (TPSA) is 21.3 Å². The predicted octanol–water partition coefficient (Wildman–Crippen LogP) is 2.27.